The summed E-state index contributed by atoms with van der Waals surface area (Å²) in [7, 11) is 1.60. The quantitative estimate of drug-likeness (QED) is 0.593. The molecule has 0 fully saturated rings. The predicted molar refractivity (Wildman–Crippen MR) is 103 cm³/mol. The molecule has 6 heteroatoms. The molecule has 26 heavy (non-hydrogen) atoms. The number of fused-ring (bicyclic) bond motifs is 1. The second-order valence-electron chi connectivity index (χ2n) is 5.60. The molecule has 0 atom stereocenters. The number of para-hydroxylation sites is 1. The van der Waals surface area contributed by atoms with Gasteiger partial charge in [0.05, 0.1) is 25.6 Å². The molecule has 0 saturated carbocycles. The second kappa shape index (κ2) is 7.82. The van der Waals surface area contributed by atoms with Crippen molar-refractivity contribution in [1.29, 1.82) is 0 Å². The SMILES string of the molecule is CCOc1cc(/C=N\N=C2/C(=O)N(CC)c3ccccc32)ccc1OC. The third-order valence-corrected chi connectivity index (χ3v) is 4.07. The number of nitrogens with zero attached hydrogens (tertiary/aromatic N) is 3. The lowest BCUT2D eigenvalue weighted by atomic mass is 10.1. The van der Waals surface area contributed by atoms with Crippen molar-refractivity contribution >= 4 is 23.5 Å². The highest BCUT2D eigenvalue weighted by atomic mass is 16.5. The second-order valence-corrected chi connectivity index (χ2v) is 5.60. The molecule has 3 rings (SSSR count). The van der Waals surface area contributed by atoms with Crippen molar-refractivity contribution in [3.05, 3.63) is 53.6 Å². The zero-order chi connectivity index (χ0) is 18.5. The van der Waals surface area contributed by atoms with Gasteiger partial charge in [0.25, 0.3) is 5.91 Å². The highest BCUT2D eigenvalue weighted by molar-refractivity contribution is 6.54. The summed E-state index contributed by atoms with van der Waals surface area (Å²) in [6, 6.07) is 13.1. The average Bonchev–Trinajstić information content (AvgIpc) is 2.93. The Balaban J connectivity index is 1.88. The van der Waals surface area contributed by atoms with Gasteiger partial charge < -0.3 is 14.4 Å². The molecule has 134 valence electrons. The van der Waals surface area contributed by atoms with E-state index in [2.05, 4.69) is 10.2 Å². The number of rotatable bonds is 6. The van der Waals surface area contributed by atoms with Crippen LogP contribution in [0.25, 0.3) is 0 Å². The van der Waals surface area contributed by atoms with Gasteiger partial charge in [-0.05, 0) is 43.7 Å². The first kappa shape index (κ1) is 17.7. The van der Waals surface area contributed by atoms with E-state index in [0.29, 0.717) is 30.4 Å². The minimum Gasteiger partial charge on any atom is -0.493 e. The zero-order valence-electron chi connectivity index (χ0n) is 15.1. The standard InChI is InChI=1S/C20H21N3O3/c1-4-23-16-9-7-6-8-15(16)19(20(23)24)22-21-13-14-10-11-17(25-3)18(12-14)26-5-2/h6-13H,4-5H2,1-3H3/b21-13-,22-19-. The molecule has 0 aliphatic carbocycles. The van der Waals surface area contributed by atoms with E-state index < -0.39 is 0 Å². The summed E-state index contributed by atoms with van der Waals surface area (Å²) in [4.78, 5) is 14.2. The van der Waals surface area contributed by atoms with Gasteiger partial charge in [-0.3, -0.25) is 4.79 Å². The van der Waals surface area contributed by atoms with Crippen molar-refractivity contribution in [3.63, 3.8) is 0 Å². The smallest absolute Gasteiger partial charge is 0.279 e. The monoisotopic (exact) mass is 351 g/mol. The highest BCUT2D eigenvalue weighted by Crippen LogP contribution is 2.29. The van der Waals surface area contributed by atoms with E-state index >= 15 is 0 Å². The van der Waals surface area contributed by atoms with Gasteiger partial charge in [0.15, 0.2) is 17.2 Å². The third kappa shape index (κ3) is 3.31. The van der Waals surface area contributed by atoms with Crippen LogP contribution in [0.3, 0.4) is 0 Å². The zero-order valence-corrected chi connectivity index (χ0v) is 15.1. The fourth-order valence-electron chi connectivity index (χ4n) is 2.87. The first-order valence-electron chi connectivity index (χ1n) is 8.52. The number of amides is 1. The number of carbonyl (C=O) groups excluding carboxylic acids is 1. The molecule has 1 amide bonds. The van der Waals surface area contributed by atoms with Gasteiger partial charge >= 0.3 is 0 Å². The van der Waals surface area contributed by atoms with Crippen molar-refractivity contribution < 1.29 is 14.3 Å². The van der Waals surface area contributed by atoms with Crippen LogP contribution in [0.5, 0.6) is 11.5 Å². The number of hydrogen-bond donors (Lipinski definition) is 0. The first-order chi connectivity index (χ1) is 12.7. The lowest BCUT2D eigenvalue weighted by molar-refractivity contribution is -0.112. The molecular formula is C20H21N3O3. The molecule has 1 aliphatic heterocycles. The maximum Gasteiger partial charge on any atom is 0.279 e. The molecule has 0 bridgehead atoms. The number of benzene rings is 2. The molecule has 0 saturated heterocycles. The van der Waals surface area contributed by atoms with Crippen LogP contribution in [0.1, 0.15) is 25.0 Å². The van der Waals surface area contributed by atoms with Gasteiger partial charge in [-0.1, -0.05) is 18.2 Å². The fraction of sp³-hybridized carbons (Fsp3) is 0.250. The van der Waals surface area contributed by atoms with Crippen molar-refractivity contribution in [3.8, 4) is 11.5 Å². The van der Waals surface area contributed by atoms with E-state index in [1.54, 1.807) is 18.2 Å². The molecule has 1 aliphatic rings. The molecule has 6 nitrogen and oxygen atoms in total. The van der Waals surface area contributed by atoms with Crippen LogP contribution >= 0.6 is 0 Å². The maximum atomic E-state index is 12.5. The predicted octanol–water partition coefficient (Wildman–Crippen LogP) is 3.28. The van der Waals surface area contributed by atoms with Crippen LogP contribution in [0.4, 0.5) is 5.69 Å². The highest BCUT2D eigenvalue weighted by Gasteiger charge is 2.32. The normalized spacial score (nSPS) is 15.0. The Kier molecular flexibility index (Phi) is 5.31. The molecule has 0 N–H and O–H groups in total. The minimum absolute atomic E-state index is 0.129. The average molecular weight is 351 g/mol. The Morgan fingerprint density at radius 1 is 1.12 bits per heavy atom. The Morgan fingerprint density at radius 3 is 2.65 bits per heavy atom. The third-order valence-electron chi connectivity index (χ3n) is 4.07. The fourth-order valence-corrected chi connectivity index (χ4v) is 2.87. The van der Waals surface area contributed by atoms with Crippen LogP contribution in [-0.2, 0) is 4.79 Å². The summed E-state index contributed by atoms with van der Waals surface area (Å²) in [5.41, 5.74) is 2.85. The molecule has 0 spiro atoms. The summed E-state index contributed by atoms with van der Waals surface area (Å²) < 4.78 is 10.8. The molecule has 2 aromatic carbocycles. The number of hydrogen-bond acceptors (Lipinski definition) is 5. The lowest BCUT2D eigenvalue weighted by Gasteiger charge is -2.12. The topological polar surface area (TPSA) is 63.5 Å². The van der Waals surface area contributed by atoms with Crippen molar-refractivity contribution in [2.45, 2.75) is 13.8 Å². The van der Waals surface area contributed by atoms with Crippen molar-refractivity contribution in [1.82, 2.24) is 0 Å². The molecule has 0 radical (unpaired) electrons. The molecule has 0 unspecified atom stereocenters. The van der Waals surface area contributed by atoms with Gasteiger partial charge in [0.1, 0.15) is 0 Å². The van der Waals surface area contributed by atoms with Gasteiger partial charge in [0, 0.05) is 12.1 Å². The van der Waals surface area contributed by atoms with Crippen molar-refractivity contribution in [2.24, 2.45) is 10.2 Å². The Hall–Kier alpha value is -3.15. The van der Waals surface area contributed by atoms with Gasteiger partial charge in [0.2, 0.25) is 0 Å². The van der Waals surface area contributed by atoms with Gasteiger partial charge in [-0.25, -0.2) is 0 Å². The van der Waals surface area contributed by atoms with Gasteiger partial charge in [-0.2, -0.15) is 5.10 Å². The Labute approximate surface area is 152 Å². The lowest BCUT2D eigenvalue weighted by Crippen LogP contribution is -2.29. The van der Waals surface area contributed by atoms with E-state index in [0.717, 1.165) is 16.8 Å². The largest absolute Gasteiger partial charge is 0.493 e. The summed E-state index contributed by atoms with van der Waals surface area (Å²) in [5, 5.41) is 8.30. The summed E-state index contributed by atoms with van der Waals surface area (Å²) in [6.07, 6.45) is 1.60. The van der Waals surface area contributed by atoms with E-state index in [-0.39, 0.29) is 5.91 Å². The van der Waals surface area contributed by atoms with Crippen LogP contribution < -0.4 is 14.4 Å². The van der Waals surface area contributed by atoms with E-state index in [1.807, 2.05) is 56.3 Å². The maximum absolute atomic E-state index is 12.5. The summed E-state index contributed by atoms with van der Waals surface area (Å²) in [5.74, 6) is 1.18. The molecular weight excluding hydrogens is 330 g/mol. The van der Waals surface area contributed by atoms with E-state index in [9.17, 15) is 4.79 Å². The van der Waals surface area contributed by atoms with Crippen LogP contribution in [0, 0.1) is 0 Å². The first-order valence-corrected chi connectivity index (χ1v) is 8.52. The van der Waals surface area contributed by atoms with Crippen LogP contribution in [-0.4, -0.2) is 38.1 Å². The number of anilines is 1. The molecule has 0 aromatic heterocycles. The van der Waals surface area contributed by atoms with Crippen LogP contribution in [0.15, 0.2) is 52.7 Å². The Bertz CT molecular complexity index is 874. The number of ether oxygens (including phenoxy) is 2. The summed E-state index contributed by atoms with van der Waals surface area (Å²) in [6.45, 7) is 4.98. The minimum atomic E-state index is -0.129. The van der Waals surface area contributed by atoms with E-state index in [1.165, 1.54) is 0 Å². The Morgan fingerprint density at radius 2 is 1.92 bits per heavy atom. The number of carbonyl (C=O) groups is 1. The molecule has 2 aromatic rings. The number of likely N-dealkylation sites (N-methyl/N-ethyl adjacent to an activating group) is 1. The van der Waals surface area contributed by atoms with Crippen LogP contribution in [0.2, 0.25) is 0 Å². The van der Waals surface area contributed by atoms with Crippen molar-refractivity contribution in [2.75, 3.05) is 25.2 Å². The summed E-state index contributed by atoms with van der Waals surface area (Å²) >= 11 is 0. The van der Waals surface area contributed by atoms with E-state index in [4.69, 9.17) is 9.47 Å². The molecule has 1 heterocycles. The van der Waals surface area contributed by atoms with Gasteiger partial charge in [-0.15, -0.1) is 5.10 Å². The number of methoxy groups -OCH3 is 1.